The molecule has 0 bridgehead atoms. The summed E-state index contributed by atoms with van der Waals surface area (Å²) in [4.78, 5) is 4.69. The first-order chi connectivity index (χ1) is 11.6. The van der Waals surface area contributed by atoms with Crippen molar-refractivity contribution in [1.29, 1.82) is 0 Å². The van der Waals surface area contributed by atoms with Gasteiger partial charge in [-0.3, -0.25) is 4.99 Å². The van der Waals surface area contributed by atoms with Crippen molar-refractivity contribution in [1.82, 2.24) is 0 Å². The summed E-state index contributed by atoms with van der Waals surface area (Å²) < 4.78 is 0. The van der Waals surface area contributed by atoms with E-state index in [1.54, 1.807) is 6.07 Å². The Bertz CT molecular complexity index is 857. The third-order valence-electron chi connectivity index (χ3n) is 3.90. The standard InChI is InChI=1S/C21H17Cl2N/c1-15(19-12-11-18(22)13-21(19)23)24-14-17-9-5-6-10-20(17)16-7-3-2-4-8-16/h2-15H,1H3/b24-14+. The van der Waals surface area contributed by atoms with Gasteiger partial charge < -0.3 is 0 Å². The minimum Gasteiger partial charge on any atom is -0.285 e. The number of halogens is 2. The maximum Gasteiger partial charge on any atom is 0.0735 e. The number of rotatable bonds is 4. The number of hydrogen-bond donors (Lipinski definition) is 0. The Labute approximate surface area is 152 Å². The van der Waals surface area contributed by atoms with Gasteiger partial charge in [0.05, 0.1) is 6.04 Å². The van der Waals surface area contributed by atoms with Crippen molar-refractivity contribution >= 4 is 29.4 Å². The second-order valence-corrected chi connectivity index (χ2v) is 6.42. The lowest BCUT2D eigenvalue weighted by atomic mass is 10.0. The van der Waals surface area contributed by atoms with E-state index in [0.29, 0.717) is 10.0 Å². The molecule has 0 aromatic heterocycles. The molecule has 0 amide bonds. The highest BCUT2D eigenvalue weighted by Gasteiger charge is 2.09. The van der Waals surface area contributed by atoms with E-state index in [1.807, 2.05) is 55.6 Å². The molecular formula is C21H17Cl2N. The first kappa shape index (κ1) is 16.8. The van der Waals surface area contributed by atoms with Crippen LogP contribution in [0.3, 0.4) is 0 Å². The molecule has 0 spiro atoms. The Morgan fingerprint density at radius 2 is 1.58 bits per heavy atom. The smallest absolute Gasteiger partial charge is 0.0735 e. The van der Waals surface area contributed by atoms with Crippen LogP contribution < -0.4 is 0 Å². The molecule has 3 aromatic rings. The SMILES string of the molecule is CC(/N=C/c1ccccc1-c1ccccc1)c1ccc(Cl)cc1Cl. The second kappa shape index (κ2) is 7.65. The minimum atomic E-state index is -0.0430. The van der Waals surface area contributed by atoms with E-state index >= 15 is 0 Å². The summed E-state index contributed by atoms with van der Waals surface area (Å²) in [6.45, 7) is 2.02. The average molecular weight is 354 g/mol. The average Bonchev–Trinajstić information content (AvgIpc) is 2.61. The Hall–Kier alpha value is -2.09. The summed E-state index contributed by atoms with van der Waals surface area (Å²) in [6, 6.07) is 24.0. The molecule has 3 aromatic carbocycles. The zero-order valence-corrected chi connectivity index (χ0v) is 14.8. The molecule has 3 rings (SSSR count). The predicted octanol–water partition coefficient (Wildman–Crippen LogP) is 6.84. The zero-order chi connectivity index (χ0) is 16.9. The first-order valence-electron chi connectivity index (χ1n) is 7.78. The van der Waals surface area contributed by atoms with Gasteiger partial charge in [-0.1, -0.05) is 83.9 Å². The molecule has 120 valence electrons. The number of aliphatic imine (C=N–C) groups is 1. The number of benzene rings is 3. The van der Waals surface area contributed by atoms with Crippen molar-refractivity contribution in [3.05, 3.63) is 94.0 Å². The van der Waals surface area contributed by atoms with E-state index in [2.05, 4.69) is 29.3 Å². The summed E-state index contributed by atoms with van der Waals surface area (Å²) in [7, 11) is 0. The van der Waals surface area contributed by atoms with Crippen LogP contribution in [-0.4, -0.2) is 6.21 Å². The summed E-state index contributed by atoms with van der Waals surface area (Å²) in [5.41, 5.74) is 4.39. The molecule has 0 radical (unpaired) electrons. The molecule has 1 nitrogen and oxygen atoms in total. The highest BCUT2D eigenvalue weighted by Crippen LogP contribution is 2.29. The lowest BCUT2D eigenvalue weighted by Crippen LogP contribution is -1.94. The van der Waals surface area contributed by atoms with Gasteiger partial charge in [-0.25, -0.2) is 0 Å². The van der Waals surface area contributed by atoms with Gasteiger partial charge in [0.2, 0.25) is 0 Å². The van der Waals surface area contributed by atoms with Gasteiger partial charge in [0.1, 0.15) is 0 Å². The lowest BCUT2D eigenvalue weighted by Gasteiger charge is -2.10. The molecule has 1 atom stereocenters. The fraction of sp³-hybridized carbons (Fsp3) is 0.0952. The third kappa shape index (κ3) is 3.87. The number of hydrogen-bond acceptors (Lipinski definition) is 1. The highest BCUT2D eigenvalue weighted by molar-refractivity contribution is 6.35. The Kier molecular flexibility index (Phi) is 5.34. The van der Waals surface area contributed by atoms with Crippen LogP contribution in [0.5, 0.6) is 0 Å². The molecule has 3 heteroatoms. The van der Waals surface area contributed by atoms with Crippen molar-refractivity contribution in [2.45, 2.75) is 13.0 Å². The first-order valence-corrected chi connectivity index (χ1v) is 8.53. The molecule has 0 aliphatic carbocycles. The van der Waals surface area contributed by atoms with Crippen LogP contribution in [0.4, 0.5) is 0 Å². The van der Waals surface area contributed by atoms with Crippen LogP contribution >= 0.6 is 23.2 Å². The van der Waals surface area contributed by atoms with Gasteiger partial charge in [-0.2, -0.15) is 0 Å². The van der Waals surface area contributed by atoms with Gasteiger partial charge in [0.15, 0.2) is 0 Å². The summed E-state index contributed by atoms with van der Waals surface area (Å²) in [5.74, 6) is 0. The van der Waals surface area contributed by atoms with Crippen molar-refractivity contribution in [2.75, 3.05) is 0 Å². The molecule has 1 unspecified atom stereocenters. The third-order valence-corrected chi connectivity index (χ3v) is 4.46. The van der Waals surface area contributed by atoms with Crippen LogP contribution in [0, 0.1) is 0 Å². The van der Waals surface area contributed by atoms with E-state index in [9.17, 15) is 0 Å². The van der Waals surface area contributed by atoms with Crippen LogP contribution in [-0.2, 0) is 0 Å². The Balaban J connectivity index is 1.90. The highest BCUT2D eigenvalue weighted by atomic mass is 35.5. The molecule has 0 heterocycles. The maximum atomic E-state index is 6.27. The molecule has 0 N–H and O–H groups in total. The van der Waals surface area contributed by atoms with E-state index in [4.69, 9.17) is 23.2 Å². The predicted molar refractivity (Wildman–Crippen MR) is 104 cm³/mol. The fourth-order valence-electron chi connectivity index (χ4n) is 2.60. The van der Waals surface area contributed by atoms with Crippen LogP contribution in [0.15, 0.2) is 77.8 Å². The minimum absolute atomic E-state index is 0.0430. The Morgan fingerprint density at radius 1 is 0.875 bits per heavy atom. The largest absolute Gasteiger partial charge is 0.285 e. The summed E-state index contributed by atoms with van der Waals surface area (Å²) >= 11 is 12.2. The normalized spacial score (nSPS) is 12.5. The van der Waals surface area contributed by atoms with E-state index in [0.717, 1.165) is 16.7 Å². The van der Waals surface area contributed by atoms with Gasteiger partial charge in [-0.15, -0.1) is 0 Å². The van der Waals surface area contributed by atoms with Gasteiger partial charge >= 0.3 is 0 Å². The van der Waals surface area contributed by atoms with Crippen LogP contribution in [0.25, 0.3) is 11.1 Å². The van der Waals surface area contributed by atoms with Crippen LogP contribution in [0.1, 0.15) is 24.1 Å². The van der Waals surface area contributed by atoms with E-state index in [-0.39, 0.29) is 6.04 Å². The summed E-state index contributed by atoms with van der Waals surface area (Å²) in [6.07, 6.45) is 1.91. The summed E-state index contributed by atoms with van der Waals surface area (Å²) in [5, 5.41) is 1.28. The second-order valence-electron chi connectivity index (χ2n) is 5.57. The van der Waals surface area contributed by atoms with Gasteiger partial charge in [0, 0.05) is 21.8 Å². The van der Waals surface area contributed by atoms with Crippen LogP contribution in [0.2, 0.25) is 10.0 Å². The zero-order valence-electron chi connectivity index (χ0n) is 13.3. The van der Waals surface area contributed by atoms with Crippen molar-refractivity contribution in [3.8, 4) is 11.1 Å². The van der Waals surface area contributed by atoms with E-state index < -0.39 is 0 Å². The quantitative estimate of drug-likeness (QED) is 0.455. The maximum absolute atomic E-state index is 6.27. The molecule has 0 saturated heterocycles. The Morgan fingerprint density at radius 3 is 2.33 bits per heavy atom. The fourth-order valence-corrected chi connectivity index (χ4v) is 3.17. The number of nitrogens with zero attached hydrogens (tertiary/aromatic N) is 1. The lowest BCUT2D eigenvalue weighted by molar-refractivity contribution is 0.825. The molecule has 0 saturated carbocycles. The van der Waals surface area contributed by atoms with Crippen molar-refractivity contribution in [2.24, 2.45) is 4.99 Å². The monoisotopic (exact) mass is 353 g/mol. The van der Waals surface area contributed by atoms with E-state index in [1.165, 1.54) is 5.56 Å². The van der Waals surface area contributed by atoms with Gasteiger partial charge in [-0.05, 0) is 35.7 Å². The molecular weight excluding hydrogens is 337 g/mol. The molecule has 0 aliphatic rings. The molecule has 24 heavy (non-hydrogen) atoms. The molecule has 0 aliphatic heterocycles. The van der Waals surface area contributed by atoms with Gasteiger partial charge in [0.25, 0.3) is 0 Å². The topological polar surface area (TPSA) is 12.4 Å². The van der Waals surface area contributed by atoms with Crippen molar-refractivity contribution in [3.63, 3.8) is 0 Å². The van der Waals surface area contributed by atoms with Crippen molar-refractivity contribution < 1.29 is 0 Å². The molecule has 0 fully saturated rings.